The highest BCUT2D eigenvalue weighted by atomic mass is 16.2. The molecule has 1 unspecified atom stereocenters. The minimum Gasteiger partial charge on any atom is -0.358 e. The average molecular weight is 391 g/mol. The molecule has 0 aromatic heterocycles. The summed E-state index contributed by atoms with van der Waals surface area (Å²) in [5.41, 5.74) is 3.73. The molecular formula is C23H27N4O2+. The predicted octanol–water partition coefficient (Wildman–Crippen LogP) is 1.19. The molecule has 0 saturated carbocycles. The van der Waals surface area contributed by atoms with Gasteiger partial charge in [0, 0.05) is 24.1 Å². The molecule has 2 amide bonds. The summed E-state index contributed by atoms with van der Waals surface area (Å²) in [5.74, 6) is -0.0138. The molecule has 0 bridgehead atoms. The summed E-state index contributed by atoms with van der Waals surface area (Å²) < 4.78 is 0. The third-order valence-electron chi connectivity index (χ3n) is 6.40. The van der Waals surface area contributed by atoms with Crippen molar-refractivity contribution in [3.05, 3.63) is 59.7 Å². The van der Waals surface area contributed by atoms with Crippen LogP contribution in [0.15, 0.2) is 48.5 Å². The number of quaternary nitrogens is 1. The van der Waals surface area contributed by atoms with E-state index in [1.165, 1.54) is 10.5 Å². The SMILES string of the molecule is O=C(N[C@@H]1CC[NH+](Cc2ccccc2)C1)c1ccc2c(c1)NC(=O)[C@H]1CCCN21. The monoisotopic (exact) mass is 391 g/mol. The molecule has 29 heavy (non-hydrogen) atoms. The summed E-state index contributed by atoms with van der Waals surface area (Å²) >= 11 is 0. The van der Waals surface area contributed by atoms with Crippen LogP contribution in [-0.2, 0) is 11.3 Å². The number of rotatable bonds is 4. The highest BCUT2D eigenvalue weighted by Crippen LogP contribution is 2.37. The van der Waals surface area contributed by atoms with E-state index >= 15 is 0 Å². The summed E-state index contributed by atoms with van der Waals surface area (Å²) in [6.07, 6.45) is 2.92. The molecule has 2 saturated heterocycles. The number of amides is 2. The zero-order valence-corrected chi connectivity index (χ0v) is 16.5. The normalized spacial score (nSPS) is 25.3. The number of nitrogens with zero attached hydrogens (tertiary/aromatic N) is 1. The van der Waals surface area contributed by atoms with Crippen molar-refractivity contribution in [2.75, 3.05) is 29.9 Å². The highest BCUT2D eigenvalue weighted by Gasteiger charge is 2.36. The molecule has 6 heteroatoms. The Balaban J connectivity index is 1.23. The minimum atomic E-state index is -0.0587. The van der Waals surface area contributed by atoms with Gasteiger partial charge in [-0.25, -0.2) is 0 Å². The molecule has 0 aliphatic carbocycles. The fourth-order valence-electron chi connectivity index (χ4n) is 4.94. The summed E-state index contributed by atoms with van der Waals surface area (Å²) in [4.78, 5) is 28.8. The van der Waals surface area contributed by atoms with E-state index < -0.39 is 0 Å². The first-order chi connectivity index (χ1) is 14.2. The molecule has 3 heterocycles. The Morgan fingerprint density at radius 3 is 2.90 bits per heavy atom. The van der Waals surface area contributed by atoms with Crippen molar-refractivity contribution in [1.82, 2.24) is 5.32 Å². The quantitative estimate of drug-likeness (QED) is 0.734. The van der Waals surface area contributed by atoms with Gasteiger partial charge in [-0.1, -0.05) is 30.3 Å². The number of hydrogen-bond donors (Lipinski definition) is 3. The summed E-state index contributed by atoms with van der Waals surface area (Å²) in [6.45, 7) is 3.90. The van der Waals surface area contributed by atoms with Crippen molar-refractivity contribution in [3.63, 3.8) is 0 Å². The Bertz CT molecular complexity index is 930. The maximum atomic E-state index is 12.8. The van der Waals surface area contributed by atoms with E-state index in [0.29, 0.717) is 5.56 Å². The number of fused-ring (bicyclic) bond motifs is 3. The molecule has 2 fully saturated rings. The van der Waals surface area contributed by atoms with E-state index in [9.17, 15) is 9.59 Å². The van der Waals surface area contributed by atoms with Crippen LogP contribution in [0.5, 0.6) is 0 Å². The molecule has 3 aliphatic heterocycles. The van der Waals surface area contributed by atoms with Gasteiger partial charge in [0.05, 0.1) is 30.5 Å². The lowest BCUT2D eigenvalue weighted by atomic mass is 10.1. The van der Waals surface area contributed by atoms with Gasteiger partial charge in [-0.3, -0.25) is 9.59 Å². The number of likely N-dealkylation sites (tertiary alicyclic amines) is 1. The van der Waals surface area contributed by atoms with Gasteiger partial charge in [0.15, 0.2) is 0 Å². The number of nitrogens with one attached hydrogen (secondary N) is 3. The Morgan fingerprint density at radius 1 is 1.17 bits per heavy atom. The zero-order valence-electron chi connectivity index (χ0n) is 16.5. The average Bonchev–Trinajstić information content (AvgIpc) is 3.39. The van der Waals surface area contributed by atoms with Crippen molar-refractivity contribution in [2.24, 2.45) is 0 Å². The van der Waals surface area contributed by atoms with Crippen molar-refractivity contribution in [2.45, 2.75) is 37.9 Å². The smallest absolute Gasteiger partial charge is 0.251 e. The number of hydrogen-bond acceptors (Lipinski definition) is 3. The van der Waals surface area contributed by atoms with Crippen LogP contribution >= 0.6 is 0 Å². The van der Waals surface area contributed by atoms with Crippen LogP contribution in [0, 0.1) is 0 Å². The number of benzene rings is 2. The zero-order chi connectivity index (χ0) is 19.8. The van der Waals surface area contributed by atoms with Crippen LogP contribution in [0.1, 0.15) is 35.2 Å². The van der Waals surface area contributed by atoms with Crippen LogP contribution in [0.3, 0.4) is 0 Å². The highest BCUT2D eigenvalue weighted by molar-refractivity contribution is 6.06. The van der Waals surface area contributed by atoms with Crippen molar-refractivity contribution in [3.8, 4) is 0 Å². The fourth-order valence-corrected chi connectivity index (χ4v) is 4.94. The van der Waals surface area contributed by atoms with Crippen molar-refractivity contribution < 1.29 is 14.5 Å². The van der Waals surface area contributed by atoms with E-state index in [1.54, 1.807) is 0 Å². The van der Waals surface area contributed by atoms with E-state index in [1.807, 2.05) is 24.3 Å². The second-order valence-corrected chi connectivity index (χ2v) is 8.40. The molecule has 5 rings (SSSR count). The topological polar surface area (TPSA) is 65.9 Å². The molecule has 3 N–H and O–H groups in total. The molecule has 6 nitrogen and oxygen atoms in total. The number of carbonyl (C=O) groups excluding carboxylic acids is 2. The van der Waals surface area contributed by atoms with Crippen LogP contribution < -0.4 is 20.4 Å². The Morgan fingerprint density at radius 2 is 2.03 bits per heavy atom. The maximum Gasteiger partial charge on any atom is 0.251 e. The second-order valence-electron chi connectivity index (χ2n) is 8.40. The second kappa shape index (κ2) is 7.52. The lowest BCUT2D eigenvalue weighted by Gasteiger charge is -2.33. The Labute approximate surface area is 170 Å². The molecule has 3 atom stereocenters. The van der Waals surface area contributed by atoms with Crippen LogP contribution in [0.25, 0.3) is 0 Å². The molecule has 150 valence electrons. The van der Waals surface area contributed by atoms with Gasteiger partial charge in [-0.05, 0) is 31.0 Å². The lowest BCUT2D eigenvalue weighted by Crippen LogP contribution is -3.09. The van der Waals surface area contributed by atoms with Gasteiger partial charge >= 0.3 is 0 Å². The first kappa shape index (κ1) is 18.2. The Kier molecular flexibility index (Phi) is 4.72. The van der Waals surface area contributed by atoms with Gasteiger partial charge in [-0.2, -0.15) is 0 Å². The van der Waals surface area contributed by atoms with Gasteiger partial charge < -0.3 is 20.4 Å². The van der Waals surface area contributed by atoms with E-state index in [2.05, 4.69) is 39.8 Å². The largest absolute Gasteiger partial charge is 0.358 e. The number of carbonyl (C=O) groups is 2. The van der Waals surface area contributed by atoms with Crippen LogP contribution in [-0.4, -0.2) is 43.5 Å². The first-order valence-electron chi connectivity index (χ1n) is 10.6. The van der Waals surface area contributed by atoms with E-state index in [0.717, 1.165) is 56.8 Å². The van der Waals surface area contributed by atoms with Gasteiger partial charge in [0.2, 0.25) is 5.91 Å². The molecular weight excluding hydrogens is 364 g/mol. The molecule has 0 spiro atoms. The van der Waals surface area contributed by atoms with Crippen LogP contribution in [0.4, 0.5) is 11.4 Å². The van der Waals surface area contributed by atoms with E-state index in [-0.39, 0.29) is 23.9 Å². The third-order valence-corrected chi connectivity index (χ3v) is 6.40. The molecule has 2 aromatic carbocycles. The van der Waals surface area contributed by atoms with Crippen molar-refractivity contribution in [1.29, 1.82) is 0 Å². The van der Waals surface area contributed by atoms with E-state index in [4.69, 9.17) is 0 Å². The number of anilines is 2. The molecule has 3 aliphatic rings. The first-order valence-corrected chi connectivity index (χ1v) is 10.6. The lowest BCUT2D eigenvalue weighted by molar-refractivity contribution is -0.901. The minimum absolute atomic E-state index is 0.0449. The van der Waals surface area contributed by atoms with Crippen LogP contribution in [0.2, 0.25) is 0 Å². The maximum absolute atomic E-state index is 12.8. The van der Waals surface area contributed by atoms with Gasteiger partial charge in [0.25, 0.3) is 5.91 Å². The van der Waals surface area contributed by atoms with Gasteiger partial charge in [-0.15, -0.1) is 0 Å². The summed E-state index contributed by atoms with van der Waals surface area (Å²) in [5, 5.41) is 6.18. The van der Waals surface area contributed by atoms with Gasteiger partial charge in [0.1, 0.15) is 12.6 Å². The Hall–Kier alpha value is -2.86. The molecule has 2 aromatic rings. The third kappa shape index (κ3) is 3.60. The summed E-state index contributed by atoms with van der Waals surface area (Å²) in [7, 11) is 0. The predicted molar refractivity (Wildman–Crippen MR) is 112 cm³/mol. The fraction of sp³-hybridized carbons (Fsp3) is 0.391. The van der Waals surface area contributed by atoms with Crippen molar-refractivity contribution >= 4 is 23.2 Å². The molecule has 0 radical (unpaired) electrons. The summed E-state index contributed by atoms with van der Waals surface area (Å²) in [6, 6.07) is 16.3. The standard InChI is InChI=1S/C23H26N4O2/c28-22(24-18-10-12-26(15-18)14-16-5-2-1-3-6-16)17-8-9-20-19(13-17)25-23(29)21-7-4-11-27(20)21/h1-3,5-6,8-9,13,18,21H,4,7,10-12,14-15H2,(H,24,28)(H,25,29)/p+1/t18-,21-/m1/s1.